The van der Waals surface area contributed by atoms with Crippen molar-refractivity contribution in [2.45, 2.75) is 22.9 Å². The highest BCUT2D eigenvalue weighted by atomic mass is 32.2. The van der Waals surface area contributed by atoms with Gasteiger partial charge in [0.15, 0.2) is 0 Å². The molecule has 0 atom stereocenters. The Hall–Kier alpha value is -3.22. The molecule has 6 heteroatoms. The van der Waals surface area contributed by atoms with Gasteiger partial charge in [-0.1, -0.05) is 48.2 Å². The largest absolute Gasteiger partial charge is 0.392 e. The number of nitrogens with one attached hydrogen (secondary N) is 1. The zero-order chi connectivity index (χ0) is 19.9. The molecule has 0 bridgehead atoms. The summed E-state index contributed by atoms with van der Waals surface area (Å²) in [5, 5.41) is 12.9. The van der Waals surface area contributed by atoms with Crippen LogP contribution in [0.15, 0.2) is 95.1 Å². The van der Waals surface area contributed by atoms with Gasteiger partial charge in [0.1, 0.15) is 0 Å². The van der Waals surface area contributed by atoms with Crippen LogP contribution in [0.2, 0.25) is 0 Å². The number of hydrogen-bond donors (Lipinski definition) is 2. The van der Waals surface area contributed by atoms with Gasteiger partial charge in [-0.15, -0.1) is 0 Å². The molecule has 0 aliphatic rings. The van der Waals surface area contributed by atoms with Crippen molar-refractivity contribution >= 4 is 17.7 Å². The number of nitrogens with zero attached hydrogens (tertiary/aromatic N) is 3. The van der Waals surface area contributed by atoms with Crippen LogP contribution in [0.25, 0.3) is 11.3 Å². The average Bonchev–Trinajstić information content (AvgIpc) is 2.80. The van der Waals surface area contributed by atoms with Gasteiger partial charge < -0.3 is 10.4 Å². The summed E-state index contributed by atoms with van der Waals surface area (Å²) >= 11 is 1.65. The maximum absolute atomic E-state index is 9.59. The third-order valence-electron chi connectivity index (χ3n) is 4.40. The van der Waals surface area contributed by atoms with Crippen molar-refractivity contribution in [3.63, 3.8) is 0 Å². The van der Waals surface area contributed by atoms with Gasteiger partial charge in [-0.2, -0.15) is 0 Å². The van der Waals surface area contributed by atoms with E-state index in [9.17, 15) is 5.11 Å². The Labute approximate surface area is 173 Å². The highest BCUT2D eigenvalue weighted by Gasteiger charge is 2.08. The minimum atomic E-state index is 0.0270. The van der Waals surface area contributed by atoms with E-state index >= 15 is 0 Å². The minimum absolute atomic E-state index is 0.0270. The first-order valence-corrected chi connectivity index (χ1v) is 10.1. The summed E-state index contributed by atoms with van der Waals surface area (Å²) in [6.07, 6.45) is 5.26. The molecular weight excluding hydrogens is 380 g/mol. The molecular formula is C23H20N4OS. The molecule has 0 unspecified atom stereocenters. The second-order valence-electron chi connectivity index (χ2n) is 6.33. The molecule has 2 heterocycles. The molecule has 0 radical (unpaired) electrons. The van der Waals surface area contributed by atoms with Crippen molar-refractivity contribution in [2.24, 2.45) is 0 Å². The van der Waals surface area contributed by atoms with E-state index in [1.54, 1.807) is 30.4 Å². The number of aliphatic hydroxyl groups excluding tert-OH is 1. The van der Waals surface area contributed by atoms with E-state index in [2.05, 4.69) is 32.4 Å². The molecule has 4 rings (SSSR count). The van der Waals surface area contributed by atoms with Gasteiger partial charge in [-0.3, -0.25) is 4.98 Å². The monoisotopic (exact) mass is 400 g/mol. The first-order chi connectivity index (χ1) is 14.3. The van der Waals surface area contributed by atoms with Gasteiger partial charge in [-0.25, -0.2) is 9.97 Å². The number of rotatable bonds is 7. The first-order valence-electron chi connectivity index (χ1n) is 9.25. The molecule has 0 aliphatic carbocycles. The predicted molar refractivity (Wildman–Crippen MR) is 116 cm³/mol. The smallest absolute Gasteiger partial charge is 0.223 e. The lowest BCUT2D eigenvalue weighted by molar-refractivity contribution is 0.279. The first kappa shape index (κ1) is 19.1. The Kier molecular flexibility index (Phi) is 6.14. The van der Waals surface area contributed by atoms with Crippen molar-refractivity contribution in [2.75, 3.05) is 5.32 Å². The van der Waals surface area contributed by atoms with Crippen LogP contribution in [0, 0.1) is 0 Å². The molecule has 0 amide bonds. The van der Waals surface area contributed by atoms with Gasteiger partial charge in [0, 0.05) is 40.5 Å². The van der Waals surface area contributed by atoms with E-state index in [4.69, 9.17) is 0 Å². The summed E-state index contributed by atoms with van der Waals surface area (Å²) in [5.74, 6) is 0.579. The quantitative estimate of drug-likeness (QED) is 0.465. The van der Waals surface area contributed by atoms with E-state index < -0.39 is 0 Å². The van der Waals surface area contributed by atoms with Crippen LogP contribution < -0.4 is 5.32 Å². The zero-order valence-electron chi connectivity index (χ0n) is 15.7. The second kappa shape index (κ2) is 9.32. The van der Waals surface area contributed by atoms with Crippen LogP contribution in [-0.4, -0.2) is 20.1 Å². The fourth-order valence-corrected chi connectivity index (χ4v) is 3.97. The minimum Gasteiger partial charge on any atom is -0.392 e. The number of aromatic nitrogens is 3. The number of pyridine rings is 1. The van der Waals surface area contributed by atoms with Gasteiger partial charge in [-0.05, 0) is 41.5 Å². The summed E-state index contributed by atoms with van der Waals surface area (Å²) in [7, 11) is 0. The van der Waals surface area contributed by atoms with Gasteiger partial charge in [0.2, 0.25) is 5.95 Å². The molecule has 0 aliphatic heterocycles. The lowest BCUT2D eigenvalue weighted by Gasteiger charge is -2.12. The topological polar surface area (TPSA) is 70.9 Å². The second-order valence-corrected chi connectivity index (χ2v) is 7.41. The molecule has 29 heavy (non-hydrogen) atoms. The van der Waals surface area contributed by atoms with Crippen molar-refractivity contribution in [3.8, 4) is 11.3 Å². The van der Waals surface area contributed by atoms with Gasteiger partial charge in [0.25, 0.3) is 0 Å². The van der Waals surface area contributed by atoms with Crippen LogP contribution in [0.3, 0.4) is 0 Å². The summed E-state index contributed by atoms with van der Waals surface area (Å²) in [5.41, 5.74) is 3.92. The SMILES string of the molecule is OCc1ccccc1Sc1ccccc1CNc1nccc(-c2ccncc2)n1. The molecule has 2 aromatic heterocycles. The number of aliphatic hydroxyl groups is 1. The van der Waals surface area contributed by atoms with Crippen molar-refractivity contribution in [3.05, 3.63) is 96.4 Å². The molecule has 4 aromatic rings. The van der Waals surface area contributed by atoms with Crippen molar-refractivity contribution < 1.29 is 5.11 Å². The molecule has 0 fully saturated rings. The van der Waals surface area contributed by atoms with E-state index in [0.717, 1.165) is 32.2 Å². The zero-order valence-corrected chi connectivity index (χ0v) is 16.5. The Morgan fingerprint density at radius 1 is 0.793 bits per heavy atom. The summed E-state index contributed by atoms with van der Waals surface area (Å²) in [4.78, 5) is 15.2. The van der Waals surface area contributed by atoms with E-state index in [0.29, 0.717) is 12.5 Å². The van der Waals surface area contributed by atoms with Crippen LogP contribution in [0.1, 0.15) is 11.1 Å². The number of hydrogen-bond acceptors (Lipinski definition) is 6. The molecule has 2 N–H and O–H groups in total. The lowest BCUT2D eigenvalue weighted by Crippen LogP contribution is -2.05. The lowest BCUT2D eigenvalue weighted by atomic mass is 10.2. The van der Waals surface area contributed by atoms with Crippen LogP contribution in [0.4, 0.5) is 5.95 Å². The molecule has 144 valence electrons. The number of anilines is 1. The van der Waals surface area contributed by atoms with Crippen LogP contribution in [0.5, 0.6) is 0 Å². The predicted octanol–water partition coefficient (Wildman–Crippen LogP) is 4.79. The summed E-state index contributed by atoms with van der Waals surface area (Å²) in [6.45, 7) is 0.628. The van der Waals surface area contributed by atoms with E-state index in [-0.39, 0.29) is 6.61 Å². The fraction of sp³-hybridized carbons (Fsp3) is 0.0870. The van der Waals surface area contributed by atoms with Crippen LogP contribution >= 0.6 is 11.8 Å². The molecule has 5 nitrogen and oxygen atoms in total. The standard InChI is InChI=1S/C23H20N4OS/c28-16-19-6-2-4-8-22(19)29-21-7-3-1-5-18(21)15-26-23-25-14-11-20(27-23)17-9-12-24-13-10-17/h1-14,28H,15-16H2,(H,25,26,27). The summed E-state index contributed by atoms with van der Waals surface area (Å²) in [6, 6.07) is 21.9. The molecule has 0 saturated heterocycles. The van der Waals surface area contributed by atoms with Crippen molar-refractivity contribution in [1.82, 2.24) is 15.0 Å². The third-order valence-corrected chi connectivity index (χ3v) is 5.64. The maximum Gasteiger partial charge on any atom is 0.223 e. The Bertz CT molecular complexity index is 1090. The van der Waals surface area contributed by atoms with E-state index in [1.807, 2.05) is 54.6 Å². The van der Waals surface area contributed by atoms with E-state index in [1.165, 1.54) is 0 Å². The van der Waals surface area contributed by atoms with Gasteiger partial charge >= 0.3 is 0 Å². The van der Waals surface area contributed by atoms with Crippen molar-refractivity contribution in [1.29, 1.82) is 0 Å². The maximum atomic E-state index is 9.59. The Morgan fingerprint density at radius 3 is 2.24 bits per heavy atom. The van der Waals surface area contributed by atoms with Gasteiger partial charge in [0.05, 0.1) is 12.3 Å². The van der Waals surface area contributed by atoms with Crippen LogP contribution in [-0.2, 0) is 13.2 Å². The number of benzene rings is 2. The Morgan fingerprint density at radius 2 is 1.48 bits per heavy atom. The Balaban J connectivity index is 1.51. The average molecular weight is 401 g/mol. The normalized spacial score (nSPS) is 10.7. The highest BCUT2D eigenvalue weighted by molar-refractivity contribution is 7.99. The highest BCUT2D eigenvalue weighted by Crippen LogP contribution is 2.33. The molecule has 0 saturated carbocycles. The molecule has 2 aromatic carbocycles. The third kappa shape index (κ3) is 4.80. The molecule has 0 spiro atoms. The summed E-state index contributed by atoms with van der Waals surface area (Å²) < 4.78 is 0. The fourth-order valence-electron chi connectivity index (χ4n) is 2.90.